The third-order valence-electron chi connectivity index (χ3n) is 3.07. The molecule has 0 amide bonds. The molecule has 1 fully saturated rings. The maximum absolute atomic E-state index is 9.32. The fraction of sp³-hybridized carbons (Fsp3) is 0.545. The van der Waals surface area contributed by atoms with E-state index in [0.29, 0.717) is 0 Å². The number of hydrogen-bond acceptors (Lipinski definition) is 2. The van der Waals surface area contributed by atoms with Gasteiger partial charge in [-0.1, -0.05) is 12.5 Å². The van der Waals surface area contributed by atoms with Gasteiger partial charge < -0.3 is 5.11 Å². The molecule has 0 saturated heterocycles. The van der Waals surface area contributed by atoms with Crippen molar-refractivity contribution in [1.82, 2.24) is 4.98 Å². The topological polar surface area (TPSA) is 33.1 Å². The SMILES string of the molecule is Cc1ccc(C2(CO)CCC2)nc1. The van der Waals surface area contributed by atoms with Gasteiger partial charge in [-0.25, -0.2) is 0 Å². The van der Waals surface area contributed by atoms with Gasteiger partial charge in [0.2, 0.25) is 0 Å². The van der Waals surface area contributed by atoms with Crippen LogP contribution in [0.4, 0.5) is 0 Å². The minimum absolute atomic E-state index is 0.00625. The molecule has 2 nitrogen and oxygen atoms in total. The number of aliphatic hydroxyl groups is 1. The Morgan fingerprint density at radius 3 is 2.62 bits per heavy atom. The second-order valence-electron chi connectivity index (χ2n) is 4.01. The third-order valence-corrected chi connectivity index (χ3v) is 3.07. The van der Waals surface area contributed by atoms with Crippen molar-refractivity contribution in [3.8, 4) is 0 Å². The molecule has 1 heterocycles. The van der Waals surface area contributed by atoms with Crippen LogP contribution in [0.1, 0.15) is 30.5 Å². The van der Waals surface area contributed by atoms with Gasteiger partial charge in [-0.05, 0) is 31.4 Å². The fourth-order valence-electron chi connectivity index (χ4n) is 1.88. The van der Waals surface area contributed by atoms with Gasteiger partial charge in [0.05, 0.1) is 6.61 Å². The highest BCUT2D eigenvalue weighted by Gasteiger charge is 2.39. The molecule has 0 atom stereocenters. The Bertz CT molecular complexity index is 282. The summed E-state index contributed by atoms with van der Waals surface area (Å²) in [6, 6.07) is 4.11. The van der Waals surface area contributed by atoms with Crippen molar-refractivity contribution in [3.05, 3.63) is 29.6 Å². The van der Waals surface area contributed by atoms with E-state index in [4.69, 9.17) is 0 Å². The van der Waals surface area contributed by atoms with Crippen molar-refractivity contribution in [1.29, 1.82) is 0 Å². The Morgan fingerprint density at radius 2 is 2.23 bits per heavy atom. The normalized spacial score (nSPS) is 19.5. The first-order valence-electron chi connectivity index (χ1n) is 4.81. The highest BCUT2D eigenvalue weighted by atomic mass is 16.3. The summed E-state index contributed by atoms with van der Waals surface area (Å²) in [7, 11) is 0. The molecule has 0 bridgehead atoms. The van der Waals surface area contributed by atoms with Crippen LogP contribution in [0.2, 0.25) is 0 Å². The third kappa shape index (κ3) is 1.35. The van der Waals surface area contributed by atoms with E-state index in [1.165, 1.54) is 12.0 Å². The van der Waals surface area contributed by atoms with Crippen molar-refractivity contribution < 1.29 is 5.11 Å². The number of aryl methyl sites for hydroxylation is 1. The van der Waals surface area contributed by atoms with Crippen LogP contribution in [0.15, 0.2) is 18.3 Å². The highest BCUT2D eigenvalue weighted by molar-refractivity contribution is 5.23. The summed E-state index contributed by atoms with van der Waals surface area (Å²) in [5.74, 6) is 0. The Hall–Kier alpha value is -0.890. The molecule has 1 aliphatic carbocycles. The maximum Gasteiger partial charge on any atom is 0.0543 e. The van der Waals surface area contributed by atoms with Crippen molar-refractivity contribution in [3.63, 3.8) is 0 Å². The van der Waals surface area contributed by atoms with Gasteiger partial charge in [-0.2, -0.15) is 0 Å². The highest BCUT2D eigenvalue weighted by Crippen LogP contribution is 2.42. The van der Waals surface area contributed by atoms with Gasteiger partial charge in [0.25, 0.3) is 0 Å². The van der Waals surface area contributed by atoms with Crippen molar-refractivity contribution in [2.45, 2.75) is 31.6 Å². The van der Waals surface area contributed by atoms with Crippen LogP contribution in [0.3, 0.4) is 0 Å². The minimum atomic E-state index is -0.00625. The molecule has 70 valence electrons. The van der Waals surface area contributed by atoms with E-state index in [2.05, 4.69) is 11.1 Å². The molecule has 1 aromatic heterocycles. The largest absolute Gasteiger partial charge is 0.395 e. The number of aliphatic hydroxyl groups excluding tert-OH is 1. The molecule has 1 aromatic rings. The molecule has 0 aliphatic heterocycles. The van der Waals surface area contributed by atoms with E-state index in [1.54, 1.807) is 0 Å². The van der Waals surface area contributed by atoms with Gasteiger partial charge in [0.15, 0.2) is 0 Å². The molecule has 2 heteroatoms. The number of aromatic nitrogens is 1. The van der Waals surface area contributed by atoms with Crippen molar-refractivity contribution in [2.75, 3.05) is 6.61 Å². The lowest BCUT2D eigenvalue weighted by atomic mass is 9.67. The van der Waals surface area contributed by atoms with Crippen LogP contribution in [0.5, 0.6) is 0 Å². The molecule has 1 N–H and O–H groups in total. The molecule has 13 heavy (non-hydrogen) atoms. The van der Waals surface area contributed by atoms with E-state index in [0.717, 1.165) is 18.5 Å². The molecular weight excluding hydrogens is 162 g/mol. The van der Waals surface area contributed by atoms with E-state index in [9.17, 15) is 5.11 Å². The van der Waals surface area contributed by atoms with Crippen LogP contribution in [-0.2, 0) is 5.41 Å². The second-order valence-corrected chi connectivity index (χ2v) is 4.01. The number of pyridine rings is 1. The first-order valence-corrected chi connectivity index (χ1v) is 4.81. The van der Waals surface area contributed by atoms with E-state index < -0.39 is 0 Å². The number of rotatable bonds is 2. The molecule has 0 radical (unpaired) electrons. The van der Waals surface area contributed by atoms with E-state index in [-0.39, 0.29) is 12.0 Å². The van der Waals surface area contributed by atoms with Gasteiger partial charge >= 0.3 is 0 Å². The van der Waals surface area contributed by atoms with Gasteiger partial charge in [0.1, 0.15) is 0 Å². The second kappa shape index (κ2) is 3.11. The average molecular weight is 177 g/mol. The number of nitrogens with zero attached hydrogens (tertiary/aromatic N) is 1. The van der Waals surface area contributed by atoms with Crippen LogP contribution < -0.4 is 0 Å². The standard InChI is InChI=1S/C11H15NO/c1-9-3-4-10(12-7-9)11(8-13)5-2-6-11/h3-4,7,13H,2,5-6,8H2,1H3. The summed E-state index contributed by atoms with van der Waals surface area (Å²) >= 11 is 0. The summed E-state index contributed by atoms with van der Waals surface area (Å²) in [4.78, 5) is 4.38. The predicted octanol–water partition coefficient (Wildman–Crippen LogP) is 1.80. The quantitative estimate of drug-likeness (QED) is 0.747. The molecule has 1 saturated carbocycles. The minimum Gasteiger partial charge on any atom is -0.395 e. The maximum atomic E-state index is 9.32. The van der Waals surface area contributed by atoms with Crippen LogP contribution in [-0.4, -0.2) is 16.7 Å². The summed E-state index contributed by atoms with van der Waals surface area (Å²) in [6.07, 6.45) is 5.26. The Morgan fingerprint density at radius 1 is 1.46 bits per heavy atom. The summed E-state index contributed by atoms with van der Waals surface area (Å²) in [5.41, 5.74) is 2.23. The lowest BCUT2D eigenvalue weighted by Crippen LogP contribution is -2.38. The summed E-state index contributed by atoms with van der Waals surface area (Å²) < 4.78 is 0. The van der Waals surface area contributed by atoms with Crippen LogP contribution in [0.25, 0.3) is 0 Å². The average Bonchev–Trinajstić information content (AvgIpc) is 2.07. The summed E-state index contributed by atoms with van der Waals surface area (Å²) in [6.45, 7) is 2.27. The lowest BCUT2D eigenvalue weighted by Gasteiger charge is -2.39. The fourth-order valence-corrected chi connectivity index (χ4v) is 1.88. The Balaban J connectivity index is 2.28. The van der Waals surface area contributed by atoms with E-state index in [1.807, 2.05) is 19.2 Å². The molecule has 0 aromatic carbocycles. The van der Waals surface area contributed by atoms with E-state index >= 15 is 0 Å². The smallest absolute Gasteiger partial charge is 0.0543 e. The molecular formula is C11H15NO. The summed E-state index contributed by atoms with van der Waals surface area (Å²) in [5, 5.41) is 9.32. The zero-order valence-corrected chi connectivity index (χ0v) is 7.95. The van der Waals surface area contributed by atoms with Gasteiger partial charge in [-0.3, -0.25) is 4.98 Å². The van der Waals surface area contributed by atoms with Gasteiger partial charge in [-0.15, -0.1) is 0 Å². The Labute approximate surface area is 78.6 Å². The van der Waals surface area contributed by atoms with Crippen LogP contribution >= 0.6 is 0 Å². The van der Waals surface area contributed by atoms with Crippen molar-refractivity contribution in [2.24, 2.45) is 0 Å². The predicted molar refractivity (Wildman–Crippen MR) is 51.6 cm³/mol. The molecule has 2 rings (SSSR count). The Kier molecular flexibility index (Phi) is 2.08. The zero-order valence-electron chi connectivity index (χ0n) is 7.95. The zero-order chi connectivity index (χ0) is 9.31. The monoisotopic (exact) mass is 177 g/mol. The van der Waals surface area contributed by atoms with Crippen LogP contribution in [0, 0.1) is 6.92 Å². The molecule has 0 unspecified atom stereocenters. The van der Waals surface area contributed by atoms with Gasteiger partial charge in [0, 0.05) is 17.3 Å². The first kappa shape index (κ1) is 8.70. The first-order chi connectivity index (χ1) is 6.27. The molecule has 0 spiro atoms. The number of hydrogen-bond donors (Lipinski definition) is 1. The van der Waals surface area contributed by atoms with Crippen molar-refractivity contribution >= 4 is 0 Å². The molecule has 1 aliphatic rings. The lowest BCUT2D eigenvalue weighted by molar-refractivity contribution is 0.116.